The zero-order valence-corrected chi connectivity index (χ0v) is 15.6. The van der Waals surface area contributed by atoms with E-state index in [1.54, 1.807) is 42.6 Å². The van der Waals surface area contributed by atoms with Gasteiger partial charge in [0.15, 0.2) is 9.84 Å². The van der Waals surface area contributed by atoms with Crippen LogP contribution in [0.15, 0.2) is 71.8 Å². The van der Waals surface area contributed by atoms with Crippen molar-refractivity contribution in [3.63, 3.8) is 0 Å². The maximum atomic E-state index is 12.0. The molecule has 3 aromatic rings. The second-order valence-corrected chi connectivity index (χ2v) is 7.81. The number of aromatic nitrogens is 1. The molecule has 1 heterocycles. The molecule has 0 N–H and O–H groups in total. The zero-order valence-electron chi connectivity index (χ0n) is 14.7. The van der Waals surface area contributed by atoms with E-state index in [-0.39, 0.29) is 4.90 Å². The predicted octanol–water partition coefficient (Wildman–Crippen LogP) is 3.73. The first-order valence-corrected chi connectivity index (χ1v) is 9.89. The zero-order chi connectivity index (χ0) is 19.4. The summed E-state index contributed by atoms with van der Waals surface area (Å²) < 4.78 is 33.7. The predicted molar refractivity (Wildman–Crippen MR) is 101 cm³/mol. The quantitative estimate of drug-likeness (QED) is 0.625. The number of carbonyl (C=O) groups excluding carboxylic acids is 1. The fourth-order valence-corrected chi connectivity index (χ4v) is 3.10. The molecule has 2 aromatic carbocycles. The van der Waals surface area contributed by atoms with Gasteiger partial charge in [-0.15, -0.1) is 0 Å². The molecule has 0 aliphatic rings. The minimum absolute atomic E-state index is 0.201. The van der Waals surface area contributed by atoms with Gasteiger partial charge in [0.1, 0.15) is 11.5 Å². The van der Waals surface area contributed by atoms with Crippen molar-refractivity contribution in [2.75, 3.05) is 13.4 Å². The Morgan fingerprint density at radius 2 is 1.70 bits per heavy atom. The maximum absolute atomic E-state index is 12.0. The number of rotatable bonds is 5. The van der Waals surface area contributed by atoms with Gasteiger partial charge in [-0.1, -0.05) is 6.07 Å². The Balaban J connectivity index is 1.98. The van der Waals surface area contributed by atoms with Crippen molar-refractivity contribution in [3.05, 3.63) is 72.4 Å². The number of ether oxygens (including phenoxy) is 2. The van der Waals surface area contributed by atoms with E-state index in [9.17, 15) is 13.2 Å². The Labute approximate surface area is 157 Å². The summed E-state index contributed by atoms with van der Waals surface area (Å²) in [6.45, 7) is 0. The van der Waals surface area contributed by atoms with Crippen LogP contribution in [0.4, 0.5) is 0 Å². The van der Waals surface area contributed by atoms with Gasteiger partial charge in [-0.05, 0) is 54.6 Å². The van der Waals surface area contributed by atoms with E-state index in [0.29, 0.717) is 28.3 Å². The van der Waals surface area contributed by atoms with Gasteiger partial charge in [0.05, 0.1) is 23.3 Å². The van der Waals surface area contributed by atoms with Gasteiger partial charge in [0, 0.05) is 18.0 Å². The van der Waals surface area contributed by atoms with Gasteiger partial charge in [0.25, 0.3) is 0 Å². The van der Waals surface area contributed by atoms with Gasteiger partial charge in [0.2, 0.25) is 0 Å². The van der Waals surface area contributed by atoms with Crippen LogP contribution in [0.5, 0.6) is 11.5 Å². The van der Waals surface area contributed by atoms with E-state index in [1.165, 1.54) is 19.2 Å². The lowest BCUT2D eigenvalue weighted by molar-refractivity contribution is 0.0600. The molecule has 0 spiro atoms. The molecule has 6 nitrogen and oxygen atoms in total. The molecule has 7 heteroatoms. The van der Waals surface area contributed by atoms with E-state index in [1.807, 2.05) is 12.1 Å². The fraction of sp³-hybridized carbons (Fsp3) is 0.100. The molecule has 1 aromatic heterocycles. The topological polar surface area (TPSA) is 82.6 Å². The van der Waals surface area contributed by atoms with Gasteiger partial charge < -0.3 is 9.47 Å². The van der Waals surface area contributed by atoms with Crippen molar-refractivity contribution in [2.45, 2.75) is 4.90 Å². The molecule has 0 aliphatic carbocycles. The molecular weight excluding hydrogens is 366 g/mol. The molecule has 0 unspecified atom stereocenters. The summed E-state index contributed by atoms with van der Waals surface area (Å²) in [5, 5.41) is 0. The summed E-state index contributed by atoms with van der Waals surface area (Å²) in [7, 11) is -1.98. The molecule has 0 aliphatic heterocycles. The Bertz CT molecular complexity index is 1060. The first-order valence-electron chi connectivity index (χ1n) is 7.99. The first-order chi connectivity index (χ1) is 12.9. The number of nitrogens with zero attached hydrogens (tertiary/aromatic N) is 1. The van der Waals surface area contributed by atoms with Crippen molar-refractivity contribution in [3.8, 4) is 22.8 Å². The third kappa shape index (κ3) is 4.51. The second kappa shape index (κ2) is 7.59. The number of methoxy groups -OCH3 is 1. The number of esters is 1. The maximum Gasteiger partial charge on any atom is 0.338 e. The highest BCUT2D eigenvalue weighted by Crippen LogP contribution is 2.29. The minimum atomic E-state index is -3.28. The first kappa shape index (κ1) is 18.6. The molecule has 27 heavy (non-hydrogen) atoms. The second-order valence-electron chi connectivity index (χ2n) is 5.80. The largest absolute Gasteiger partial charge is 0.465 e. The minimum Gasteiger partial charge on any atom is -0.465 e. The van der Waals surface area contributed by atoms with Crippen LogP contribution in [0.2, 0.25) is 0 Å². The number of carbonyl (C=O) groups is 1. The molecule has 0 atom stereocenters. The summed E-state index contributed by atoms with van der Waals surface area (Å²) in [5.74, 6) is 0.354. The van der Waals surface area contributed by atoms with Gasteiger partial charge >= 0.3 is 5.97 Å². The van der Waals surface area contributed by atoms with Gasteiger partial charge in [-0.25, -0.2) is 13.2 Å². The summed E-state index contributed by atoms with van der Waals surface area (Å²) in [6, 6.07) is 16.5. The third-order valence-corrected chi connectivity index (χ3v) is 4.90. The number of sulfone groups is 1. The highest BCUT2D eigenvalue weighted by molar-refractivity contribution is 7.90. The van der Waals surface area contributed by atoms with Crippen LogP contribution in [-0.2, 0) is 14.6 Å². The number of benzene rings is 2. The lowest BCUT2D eigenvalue weighted by Gasteiger charge is -2.11. The summed E-state index contributed by atoms with van der Waals surface area (Å²) in [6.07, 6.45) is 2.80. The summed E-state index contributed by atoms with van der Waals surface area (Å²) >= 11 is 0. The van der Waals surface area contributed by atoms with Crippen LogP contribution in [0, 0.1) is 0 Å². The lowest BCUT2D eigenvalue weighted by atomic mass is 10.1. The van der Waals surface area contributed by atoms with Crippen LogP contribution < -0.4 is 4.74 Å². The van der Waals surface area contributed by atoms with E-state index in [0.717, 1.165) is 6.26 Å². The standard InChI is InChI=1S/C20H17NO5S/c1-25-20(22)15-11-14(19-5-3-4-10-21-19)12-17(13-15)26-16-6-8-18(9-7-16)27(2,23)24/h3-13H,1-2H3. The Morgan fingerprint density at radius 1 is 0.963 bits per heavy atom. The average Bonchev–Trinajstić information content (AvgIpc) is 2.67. The van der Waals surface area contributed by atoms with E-state index in [4.69, 9.17) is 9.47 Å². The molecule has 3 rings (SSSR count). The Hall–Kier alpha value is -3.19. The molecular formula is C20H17NO5S. The molecule has 0 saturated carbocycles. The summed E-state index contributed by atoms with van der Waals surface area (Å²) in [4.78, 5) is 16.5. The van der Waals surface area contributed by atoms with Crippen molar-refractivity contribution in [1.82, 2.24) is 4.98 Å². The number of pyridine rings is 1. The van der Waals surface area contributed by atoms with Crippen LogP contribution in [0.3, 0.4) is 0 Å². The lowest BCUT2D eigenvalue weighted by Crippen LogP contribution is -2.02. The van der Waals surface area contributed by atoms with E-state index in [2.05, 4.69) is 4.98 Å². The molecule has 0 fully saturated rings. The Kier molecular flexibility index (Phi) is 5.23. The normalized spacial score (nSPS) is 11.0. The van der Waals surface area contributed by atoms with Crippen molar-refractivity contribution in [1.29, 1.82) is 0 Å². The van der Waals surface area contributed by atoms with Gasteiger partial charge in [-0.2, -0.15) is 0 Å². The molecule has 0 saturated heterocycles. The van der Waals surface area contributed by atoms with Gasteiger partial charge in [-0.3, -0.25) is 4.98 Å². The van der Waals surface area contributed by atoms with Crippen molar-refractivity contribution >= 4 is 15.8 Å². The van der Waals surface area contributed by atoms with Crippen LogP contribution in [-0.4, -0.2) is 32.7 Å². The third-order valence-electron chi connectivity index (χ3n) is 3.78. The van der Waals surface area contributed by atoms with E-state index < -0.39 is 15.8 Å². The van der Waals surface area contributed by atoms with Crippen LogP contribution in [0.25, 0.3) is 11.3 Å². The highest BCUT2D eigenvalue weighted by Gasteiger charge is 2.13. The SMILES string of the molecule is COC(=O)c1cc(Oc2ccc(S(C)(=O)=O)cc2)cc(-c2ccccn2)c1. The van der Waals surface area contributed by atoms with Crippen molar-refractivity contribution < 1.29 is 22.7 Å². The van der Waals surface area contributed by atoms with Crippen LogP contribution in [0.1, 0.15) is 10.4 Å². The molecule has 138 valence electrons. The number of hydrogen-bond donors (Lipinski definition) is 0. The molecule has 0 bridgehead atoms. The summed E-state index contributed by atoms with van der Waals surface area (Å²) in [5.41, 5.74) is 1.70. The van der Waals surface area contributed by atoms with Crippen LogP contribution >= 0.6 is 0 Å². The van der Waals surface area contributed by atoms with Crippen molar-refractivity contribution in [2.24, 2.45) is 0 Å². The molecule has 0 radical (unpaired) electrons. The monoisotopic (exact) mass is 383 g/mol. The highest BCUT2D eigenvalue weighted by atomic mass is 32.2. The molecule has 0 amide bonds. The fourth-order valence-electron chi connectivity index (χ4n) is 2.47. The smallest absolute Gasteiger partial charge is 0.338 e. The Morgan fingerprint density at radius 3 is 2.30 bits per heavy atom. The van der Waals surface area contributed by atoms with E-state index >= 15 is 0 Å². The average molecular weight is 383 g/mol. The number of hydrogen-bond acceptors (Lipinski definition) is 6.